The van der Waals surface area contributed by atoms with Gasteiger partial charge in [-0.25, -0.2) is 0 Å². The van der Waals surface area contributed by atoms with Crippen LogP contribution in [0.5, 0.6) is 0 Å². The van der Waals surface area contributed by atoms with E-state index in [1.807, 2.05) is 13.1 Å². The van der Waals surface area contributed by atoms with Crippen molar-refractivity contribution < 1.29 is 0 Å². The molecular formula is C10H12N2S. The van der Waals surface area contributed by atoms with Crippen molar-refractivity contribution in [2.45, 2.75) is 6.42 Å². The van der Waals surface area contributed by atoms with Gasteiger partial charge in [-0.1, -0.05) is 18.2 Å². The number of rotatable bonds is 3. The monoisotopic (exact) mass is 192 g/mol. The lowest BCUT2D eigenvalue weighted by atomic mass is 10.2. The first kappa shape index (κ1) is 8.66. The van der Waals surface area contributed by atoms with Crippen LogP contribution < -0.4 is 5.32 Å². The third kappa shape index (κ3) is 1.71. The first-order chi connectivity index (χ1) is 6.42. The van der Waals surface area contributed by atoms with Gasteiger partial charge >= 0.3 is 0 Å². The number of nitrogens with zero attached hydrogens (tertiary/aromatic N) is 1. The van der Waals surface area contributed by atoms with Gasteiger partial charge in [-0.15, -0.1) is 0 Å². The van der Waals surface area contributed by atoms with Gasteiger partial charge in [0.1, 0.15) is 0 Å². The van der Waals surface area contributed by atoms with Crippen molar-refractivity contribution in [3.63, 3.8) is 0 Å². The maximum absolute atomic E-state index is 4.39. The Morgan fingerprint density at radius 1 is 1.38 bits per heavy atom. The number of aromatic nitrogens is 1. The zero-order chi connectivity index (χ0) is 9.10. The molecule has 0 fully saturated rings. The average Bonchev–Trinajstić information content (AvgIpc) is 2.58. The number of benzene rings is 1. The average molecular weight is 192 g/mol. The van der Waals surface area contributed by atoms with Crippen molar-refractivity contribution in [2.24, 2.45) is 0 Å². The molecule has 0 bridgehead atoms. The molecule has 0 atom stereocenters. The Morgan fingerprint density at radius 2 is 2.23 bits per heavy atom. The number of fused-ring (bicyclic) bond motifs is 1. The summed E-state index contributed by atoms with van der Waals surface area (Å²) in [5, 5.41) is 4.46. The van der Waals surface area contributed by atoms with E-state index in [2.05, 4.69) is 27.9 Å². The highest BCUT2D eigenvalue weighted by Crippen LogP contribution is 2.21. The molecule has 1 N–H and O–H groups in total. The first-order valence-corrected chi connectivity index (χ1v) is 5.17. The zero-order valence-corrected chi connectivity index (χ0v) is 8.40. The zero-order valence-electron chi connectivity index (χ0n) is 7.58. The summed E-state index contributed by atoms with van der Waals surface area (Å²) in [6.07, 6.45) is 1.07. The predicted molar refractivity (Wildman–Crippen MR) is 57.3 cm³/mol. The third-order valence-corrected chi connectivity index (χ3v) is 2.99. The SMILES string of the molecule is CNCCc1snc2ccccc12. The van der Waals surface area contributed by atoms with E-state index in [4.69, 9.17) is 0 Å². The van der Waals surface area contributed by atoms with E-state index in [-0.39, 0.29) is 0 Å². The van der Waals surface area contributed by atoms with Crippen LogP contribution in [0.2, 0.25) is 0 Å². The second kappa shape index (κ2) is 3.85. The summed E-state index contributed by atoms with van der Waals surface area (Å²) in [7, 11) is 1.98. The fraction of sp³-hybridized carbons (Fsp3) is 0.300. The minimum atomic E-state index is 1.02. The molecule has 0 aliphatic rings. The van der Waals surface area contributed by atoms with Crippen LogP contribution in [0.3, 0.4) is 0 Å². The van der Waals surface area contributed by atoms with Crippen LogP contribution in [0, 0.1) is 0 Å². The van der Waals surface area contributed by atoms with Gasteiger partial charge in [-0.2, -0.15) is 4.37 Å². The summed E-state index contributed by atoms with van der Waals surface area (Å²) in [4.78, 5) is 1.38. The summed E-state index contributed by atoms with van der Waals surface area (Å²) in [5.41, 5.74) is 1.12. The van der Waals surface area contributed by atoms with Gasteiger partial charge in [-0.3, -0.25) is 0 Å². The van der Waals surface area contributed by atoms with Crippen LogP contribution in [0.25, 0.3) is 10.9 Å². The summed E-state index contributed by atoms with van der Waals surface area (Å²) in [5.74, 6) is 0. The van der Waals surface area contributed by atoms with E-state index >= 15 is 0 Å². The molecule has 0 saturated carbocycles. The molecule has 0 unspecified atom stereocenters. The second-order valence-electron chi connectivity index (χ2n) is 2.98. The highest BCUT2D eigenvalue weighted by atomic mass is 32.1. The fourth-order valence-corrected chi connectivity index (χ4v) is 2.19. The highest BCUT2D eigenvalue weighted by Gasteiger charge is 2.03. The van der Waals surface area contributed by atoms with E-state index in [0.717, 1.165) is 18.5 Å². The van der Waals surface area contributed by atoms with Gasteiger partial charge in [0.2, 0.25) is 0 Å². The van der Waals surface area contributed by atoms with Crippen LogP contribution in [0.1, 0.15) is 4.88 Å². The van der Waals surface area contributed by atoms with Crippen molar-refractivity contribution in [1.29, 1.82) is 0 Å². The van der Waals surface area contributed by atoms with E-state index < -0.39 is 0 Å². The van der Waals surface area contributed by atoms with E-state index in [0.29, 0.717) is 0 Å². The second-order valence-corrected chi connectivity index (χ2v) is 3.83. The van der Waals surface area contributed by atoms with Gasteiger partial charge in [0.25, 0.3) is 0 Å². The molecule has 0 radical (unpaired) electrons. The van der Waals surface area contributed by atoms with Gasteiger partial charge < -0.3 is 5.32 Å². The largest absolute Gasteiger partial charge is 0.319 e. The van der Waals surface area contributed by atoms with Crippen molar-refractivity contribution in [1.82, 2.24) is 9.69 Å². The number of hydrogen-bond donors (Lipinski definition) is 1. The maximum atomic E-state index is 4.39. The Morgan fingerprint density at radius 3 is 3.08 bits per heavy atom. The molecule has 0 spiro atoms. The number of likely N-dealkylation sites (N-methyl/N-ethyl adjacent to an activating group) is 1. The molecule has 68 valence electrons. The molecule has 13 heavy (non-hydrogen) atoms. The van der Waals surface area contributed by atoms with Crippen LogP contribution in [0.15, 0.2) is 24.3 Å². The highest BCUT2D eigenvalue weighted by molar-refractivity contribution is 7.07. The summed E-state index contributed by atoms with van der Waals surface area (Å²) >= 11 is 1.61. The topological polar surface area (TPSA) is 24.9 Å². The van der Waals surface area contributed by atoms with Gasteiger partial charge in [-0.05, 0) is 37.6 Å². The van der Waals surface area contributed by atoms with Gasteiger partial charge in [0, 0.05) is 10.3 Å². The van der Waals surface area contributed by atoms with E-state index in [1.54, 1.807) is 11.5 Å². The first-order valence-electron chi connectivity index (χ1n) is 4.39. The van der Waals surface area contributed by atoms with Crippen LogP contribution in [0.4, 0.5) is 0 Å². The lowest BCUT2D eigenvalue weighted by Gasteiger charge is -1.95. The Bertz CT molecular complexity index is 394. The fourth-order valence-electron chi connectivity index (χ4n) is 1.36. The molecule has 0 aliphatic heterocycles. The molecular weight excluding hydrogens is 180 g/mol. The Hall–Kier alpha value is -0.930. The predicted octanol–water partition coefficient (Wildman–Crippen LogP) is 2.06. The molecule has 2 aromatic rings. The Balaban J connectivity index is 2.35. The minimum Gasteiger partial charge on any atom is -0.319 e. The molecule has 3 heteroatoms. The van der Waals surface area contributed by atoms with Gasteiger partial charge in [0.05, 0.1) is 5.52 Å². The Labute approximate surface area is 81.8 Å². The maximum Gasteiger partial charge on any atom is 0.0843 e. The van der Waals surface area contributed by atoms with E-state index in [9.17, 15) is 0 Å². The molecule has 0 saturated heterocycles. The molecule has 2 rings (SSSR count). The molecule has 0 aliphatic carbocycles. The molecule has 2 nitrogen and oxygen atoms in total. The van der Waals surface area contributed by atoms with E-state index in [1.165, 1.54) is 10.3 Å². The van der Waals surface area contributed by atoms with Crippen LogP contribution in [-0.4, -0.2) is 18.0 Å². The lowest BCUT2D eigenvalue weighted by molar-refractivity contribution is 0.801. The molecule has 1 aromatic carbocycles. The smallest absolute Gasteiger partial charge is 0.0843 e. The number of nitrogens with one attached hydrogen (secondary N) is 1. The summed E-state index contributed by atoms with van der Waals surface area (Å²) in [6, 6.07) is 8.31. The lowest BCUT2D eigenvalue weighted by Crippen LogP contribution is -2.09. The third-order valence-electron chi connectivity index (χ3n) is 2.06. The molecule has 1 heterocycles. The van der Waals surface area contributed by atoms with Crippen molar-refractivity contribution in [3.05, 3.63) is 29.1 Å². The van der Waals surface area contributed by atoms with Gasteiger partial charge in [0.15, 0.2) is 0 Å². The van der Waals surface area contributed by atoms with Crippen LogP contribution >= 0.6 is 11.5 Å². The quantitative estimate of drug-likeness (QED) is 0.805. The van der Waals surface area contributed by atoms with Crippen LogP contribution in [-0.2, 0) is 6.42 Å². The molecule has 1 aromatic heterocycles. The standard InChI is InChI=1S/C10H12N2S/c1-11-7-6-10-8-4-2-3-5-9(8)12-13-10/h2-5,11H,6-7H2,1H3. The minimum absolute atomic E-state index is 1.02. The van der Waals surface area contributed by atoms with Crippen molar-refractivity contribution >= 4 is 22.4 Å². The summed E-state index contributed by atoms with van der Waals surface area (Å²) in [6.45, 7) is 1.02. The van der Waals surface area contributed by atoms with Crippen molar-refractivity contribution in [2.75, 3.05) is 13.6 Å². The summed E-state index contributed by atoms with van der Waals surface area (Å²) < 4.78 is 4.39. The Kier molecular flexibility index (Phi) is 2.57. The normalized spacial score (nSPS) is 10.8. The molecule has 0 amide bonds. The van der Waals surface area contributed by atoms with Crippen molar-refractivity contribution in [3.8, 4) is 0 Å². The number of hydrogen-bond acceptors (Lipinski definition) is 3.